The number of amides is 2. The summed E-state index contributed by atoms with van der Waals surface area (Å²) in [4.78, 5) is 34.1. The van der Waals surface area contributed by atoms with Crippen molar-refractivity contribution in [2.45, 2.75) is 18.4 Å². The number of hydrogen-bond donors (Lipinski definition) is 0. The molecule has 3 aliphatic heterocycles. The number of hydrogen-bond acceptors (Lipinski definition) is 5. The molecule has 0 spiro atoms. The first-order valence-corrected chi connectivity index (χ1v) is 12.8. The molecule has 3 aromatic rings. The lowest BCUT2D eigenvalue weighted by Crippen LogP contribution is -2.54. The molecule has 0 N–H and O–H groups in total. The van der Waals surface area contributed by atoms with Crippen LogP contribution in [0.2, 0.25) is 0 Å². The fraction of sp³-hybridized carbons (Fsp3) is 0.333. The first-order chi connectivity index (χ1) is 18.1. The van der Waals surface area contributed by atoms with Crippen molar-refractivity contribution in [1.29, 1.82) is 0 Å². The van der Waals surface area contributed by atoms with Gasteiger partial charge < -0.3 is 24.2 Å². The summed E-state index contributed by atoms with van der Waals surface area (Å²) < 4.78 is 11.2. The lowest BCUT2D eigenvalue weighted by molar-refractivity contribution is -0.135. The van der Waals surface area contributed by atoms with Crippen molar-refractivity contribution in [2.75, 3.05) is 51.8 Å². The summed E-state index contributed by atoms with van der Waals surface area (Å²) in [6.07, 6.45) is 0.705. The monoisotopic (exact) mass is 497 g/mol. The van der Waals surface area contributed by atoms with E-state index in [9.17, 15) is 9.59 Å². The number of methoxy groups -OCH3 is 2. The Balaban J connectivity index is 1.38. The van der Waals surface area contributed by atoms with Crippen LogP contribution in [0.25, 0.3) is 0 Å². The number of benzene rings is 3. The van der Waals surface area contributed by atoms with Crippen LogP contribution < -0.4 is 14.4 Å². The van der Waals surface area contributed by atoms with Gasteiger partial charge in [0.2, 0.25) is 5.91 Å². The number of anilines is 1. The molecule has 7 heteroatoms. The number of rotatable bonds is 4. The van der Waals surface area contributed by atoms with E-state index in [4.69, 9.17) is 9.47 Å². The highest BCUT2D eigenvalue weighted by Gasteiger charge is 2.48. The number of carbonyl (C=O) groups is 2. The van der Waals surface area contributed by atoms with Gasteiger partial charge in [-0.25, -0.2) is 0 Å². The molecule has 2 atom stereocenters. The summed E-state index contributed by atoms with van der Waals surface area (Å²) in [6.45, 7) is 3.40. The van der Waals surface area contributed by atoms with Gasteiger partial charge in [0.05, 0.1) is 26.2 Å². The first kappa shape index (κ1) is 23.4. The molecule has 6 rings (SSSR count). The third kappa shape index (κ3) is 3.89. The Morgan fingerprint density at radius 1 is 0.811 bits per heavy atom. The van der Waals surface area contributed by atoms with Crippen molar-refractivity contribution < 1.29 is 19.1 Å². The minimum atomic E-state index is -0.477. The van der Waals surface area contributed by atoms with Crippen LogP contribution in [0.3, 0.4) is 0 Å². The molecule has 0 unspecified atom stereocenters. The van der Waals surface area contributed by atoms with Crippen molar-refractivity contribution in [3.8, 4) is 11.5 Å². The van der Waals surface area contributed by atoms with Crippen LogP contribution in [0, 0.1) is 0 Å². The summed E-state index contributed by atoms with van der Waals surface area (Å²) in [5.74, 6) is 0.854. The lowest BCUT2D eigenvalue weighted by atomic mass is 9.75. The molecule has 0 radical (unpaired) electrons. The van der Waals surface area contributed by atoms with E-state index in [2.05, 4.69) is 17.0 Å². The van der Waals surface area contributed by atoms with Gasteiger partial charge in [-0.3, -0.25) is 9.59 Å². The van der Waals surface area contributed by atoms with Crippen LogP contribution in [-0.2, 0) is 11.2 Å². The molecule has 0 bridgehead atoms. The molecule has 3 heterocycles. The average Bonchev–Trinajstić information content (AvgIpc) is 2.96. The number of piperazine rings is 1. The van der Waals surface area contributed by atoms with Gasteiger partial charge in [-0.05, 0) is 53.4 Å². The first-order valence-electron chi connectivity index (χ1n) is 12.8. The number of fused-ring (bicyclic) bond motifs is 4. The van der Waals surface area contributed by atoms with Gasteiger partial charge in [0.1, 0.15) is 0 Å². The number of nitrogens with zero attached hydrogens (tertiary/aromatic N) is 3. The van der Waals surface area contributed by atoms with Crippen molar-refractivity contribution in [1.82, 2.24) is 9.80 Å². The van der Waals surface area contributed by atoms with Crippen LogP contribution in [-0.4, -0.2) is 68.6 Å². The van der Waals surface area contributed by atoms with Gasteiger partial charge >= 0.3 is 0 Å². The zero-order chi connectivity index (χ0) is 25.5. The largest absolute Gasteiger partial charge is 0.493 e. The molecule has 190 valence electrons. The molecule has 1 saturated heterocycles. The average molecular weight is 498 g/mol. The fourth-order valence-electron chi connectivity index (χ4n) is 6.14. The Bertz CT molecular complexity index is 1330. The van der Waals surface area contributed by atoms with Gasteiger partial charge in [-0.1, -0.05) is 36.4 Å². The van der Waals surface area contributed by atoms with E-state index >= 15 is 0 Å². The number of para-hydroxylation sites is 1. The van der Waals surface area contributed by atoms with Crippen molar-refractivity contribution in [2.24, 2.45) is 0 Å². The van der Waals surface area contributed by atoms with Crippen LogP contribution in [0.5, 0.6) is 11.5 Å². The molecule has 1 fully saturated rings. The van der Waals surface area contributed by atoms with E-state index in [-0.39, 0.29) is 17.9 Å². The highest BCUT2D eigenvalue weighted by atomic mass is 16.5. The molecule has 37 heavy (non-hydrogen) atoms. The van der Waals surface area contributed by atoms with E-state index in [0.717, 1.165) is 29.8 Å². The van der Waals surface area contributed by atoms with Crippen LogP contribution in [0.1, 0.15) is 39.0 Å². The fourth-order valence-corrected chi connectivity index (χ4v) is 6.14. The van der Waals surface area contributed by atoms with Crippen LogP contribution >= 0.6 is 0 Å². The zero-order valence-electron chi connectivity index (χ0n) is 21.2. The van der Waals surface area contributed by atoms with Gasteiger partial charge in [-0.2, -0.15) is 0 Å². The maximum atomic E-state index is 14.3. The molecule has 0 aromatic heterocycles. The summed E-state index contributed by atoms with van der Waals surface area (Å²) in [6, 6.07) is 21.5. The molecule has 0 saturated carbocycles. The van der Waals surface area contributed by atoms with E-state index in [1.807, 2.05) is 64.4 Å². The third-order valence-corrected chi connectivity index (χ3v) is 8.00. The Morgan fingerprint density at radius 3 is 2.22 bits per heavy atom. The molecular formula is C30H31N3O4. The molecule has 3 aliphatic rings. The lowest BCUT2D eigenvalue weighted by Gasteiger charge is -2.47. The number of carbonyl (C=O) groups excluding carboxylic acids is 2. The summed E-state index contributed by atoms with van der Waals surface area (Å²) in [5, 5.41) is 0. The Morgan fingerprint density at radius 2 is 1.49 bits per heavy atom. The highest BCUT2D eigenvalue weighted by molar-refractivity contribution is 6.01. The van der Waals surface area contributed by atoms with E-state index in [1.165, 1.54) is 5.69 Å². The smallest absolute Gasteiger partial charge is 0.254 e. The van der Waals surface area contributed by atoms with Crippen LogP contribution in [0.4, 0.5) is 5.69 Å². The Hall–Kier alpha value is -4.00. The predicted octanol–water partition coefficient (Wildman–Crippen LogP) is 3.89. The topological polar surface area (TPSA) is 62.3 Å². The molecule has 3 aromatic carbocycles. The maximum absolute atomic E-state index is 14.3. The SMILES string of the molecule is COc1cc2c(cc1OC)[C@H]1[C@H](C(=O)N3CCN(c4ccccc4)CC3)c3ccccc3C(=O)N1CC2. The third-order valence-electron chi connectivity index (χ3n) is 8.00. The number of ether oxygens (including phenoxy) is 2. The highest BCUT2D eigenvalue weighted by Crippen LogP contribution is 2.48. The minimum absolute atomic E-state index is 0.0148. The van der Waals surface area contributed by atoms with E-state index in [1.54, 1.807) is 14.2 Å². The minimum Gasteiger partial charge on any atom is -0.493 e. The molecule has 7 nitrogen and oxygen atoms in total. The zero-order valence-corrected chi connectivity index (χ0v) is 21.2. The molecular weight excluding hydrogens is 466 g/mol. The summed E-state index contributed by atoms with van der Waals surface area (Å²) in [7, 11) is 3.24. The van der Waals surface area contributed by atoms with Gasteiger partial charge in [0, 0.05) is 44.0 Å². The predicted molar refractivity (Wildman–Crippen MR) is 141 cm³/mol. The normalized spacial score (nSPS) is 20.6. The van der Waals surface area contributed by atoms with Crippen molar-refractivity contribution in [3.63, 3.8) is 0 Å². The maximum Gasteiger partial charge on any atom is 0.254 e. The van der Waals surface area contributed by atoms with E-state index in [0.29, 0.717) is 43.1 Å². The Labute approximate surface area is 217 Å². The van der Waals surface area contributed by atoms with Gasteiger partial charge in [0.25, 0.3) is 5.91 Å². The summed E-state index contributed by atoms with van der Waals surface area (Å²) in [5.41, 5.74) is 4.68. The second-order valence-electron chi connectivity index (χ2n) is 9.81. The van der Waals surface area contributed by atoms with Gasteiger partial charge in [0.15, 0.2) is 11.5 Å². The quantitative estimate of drug-likeness (QED) is 0.547. The van der Waals surface area contributed by atoms with Crippen LogP contribution in [0.15, 0.2) is 66.7 Å². The second-order valence-corrected chi connectivity index (χ2v) is 9.81. The van der Waals surface area contributed by atoms with E-state index < -0.39 is 5.92 Å². The summed E-state index contributed by atoms with van der Waals surface area (Å²) >= 11 is 0. The van der Waals surface area contributed by atoms with Crippen molar-refractivity contribution >= 4 is 17.5 Å². The standard InChI is InChI=1S/C30H31N3O4/c1-36-25-18-20-12-13-33-28(24(20)19-26(25)37-2)27(22-10-6-7-11-23(22)29(33)34)30(35)32-16-14-31(15-17-32)21-8-4-3-5-9-21/h3-11,18-19,27-28H,12-17H2,1-2H3/t27-,28+/m1/s1. The van der Waals surface area contributed by atoms with Gasteiger partial charge in [-0.15, -0.1) is 0 Å². The molecule has 2 amide bonds. The molecule has 0 aliphatic carbocycles. The Kier molecular flexibility index (Phi) is 5.99. The second kappa shape index (κ2) is 9.47. The van der Waals surface area contributed by atoms with Crippen molar-refractivity contribution in [3.05, 3.63) is 89.0 Å².